The van der Waals surface area contributed by atoms with Crippen LogP contribution in [0.4, 0.5) is 17.6 Å². The number of hydrogen-bond acceptors (Lipinski definition) is 6. The molecular formula is C27H38F4N2O6. The number of piperidine rings is 1. The van der Waals surface area contributed by atoms with Gasteiger partial charge in [0.25, 0.3) is 0 Å². The zero-order valence-electron chi connectivity index (χ0n) is 22.8. The van der Waals surface area contributed by atoms with Gasteiger partial charge in [0.05, 0.1) is 12.5 Å². The molecule has 0 radical (unpaired) electrons. The Labute approximate surface area is 226 Å². The Hall–Kier alpha value is -2.89. The highest BCUT2D eigenvalue weighted by molar-refractivity contribution is 5.81. The van der Waals surface area contributed by atoms with Crippen LogP contribution in [0.25, 0.3) is 0 Å². The van der Waals surface area contributed by atoms with Crippen molar-refractivity contribution in [3.8, 4) is 5.75 Å². The molecule has 1 aliphatic rings. The number of nitrogens with zero attached hydrogens (tertiary/aromatic N) is 1. The number of benzene rings is 1. The van der Waals surface area contributed by atoms with Crippen LogP contribution < -0.4 is 10.1 Å². The van der Waals surface area contributed by atoms with Crippen LogP contribution in [0, 0.1) is 29.2 Å². The Balaban J connectivity index is 2.06. The number of carbonyl (C=O) groups excluding carboxylic acids is 3. The smallest absolute Gasteiger partial charge is 0.308 e. The summed E-state index contributed by atoms with van der Waals surface area (Å²) in [7, 11) is 0. The minimum atomic E-state index is -1.79. The van der Waals surface area contributed by atoms with Gasteiger partial charge in [-0.3, -0.25) is 14.4 Å². The second-order valence-electron chi connectivity index (χ2n) is 10.7. The second kappa shape index (κ2) is 14.5. The van der Waals surface area contributed by atoms with Crippen LogP contribution in [0.15, 0.2) is 6.07 Å². The van der Waals surface area contributed by atoms with Gasteiger partial charge in [0.15, 0.2) is 17.4 Å². The molecule has 8 nitrogen and oxygen atoms in total. The lowest BCUT2D eigenvalue weighted by molar-refractivity contribution is -0.156. The number of amides is 2. The summed E-state index contributed by atoms with van der Waals surface area (Å²) in [6.45, 7) is 6.79. The number of aliphatic hydroxyl groups is 1. The summed E-state index contributed by atoms with van der Waals surface area (Å²) in [5.74, 6) is -10.1. The molecule has 2 atom stereocenters. The largest absolute Gasteiger partial charge is 0.485 e. The Morgan fingerprint density at radius 3 is 2.21 bits per heavy atom. The van der Waals surface area contributed by atoms with Crippen molar-refractivity contribution < 1.29 is 46.5 Å². The molecule has 2 rings (SSSR count). The zero-order chi connectivity index (χ0) is 29.3. The highest BCUT2D eigenvalue weighted by Gasteiger charge is 2.33. The van der Waals surface area contributed by atoms with E-state index in [9.17, 15) is 37.1 Å². The van der Waals surface area contributed by atoms with Gasteiger partial charge in [0.1, 0.15) is 18.3 Å². The number of esters is 1. The number of likely N-dealkylation sites (tertiary alicyclic amines) is 1. The van der Waals surface area contributed by atoms with Gasteiger partial charge in [-0.1, -0.05) is 19.8 Å². The van der Waals surface area contributed by atoms with E-state index in [0.29, 0.717) is 32.4 Å². The topological polar surface area (TPSA) is 105 Å². The van der Waals surface area contributed by atoms with E-state index in [-0.39, 0.29) is 12.0 Å². The van der Waals surface area contributed by atoms with Crippen molar-refractivity contribution in [2.24, 2.45) is 5.92 Å². The van der Waals surface area contributed by atoms with Crippen LogP contribution in [0.1, 0.15) is 72.6 Å². The highest BCUT2D eigenvalue weighted by Crippen LogP contribution is 2.27. The van der Waals surface area contributed by atoms with E-state index >= 15 is 0 Å². The van der Waals surface area contributed by atoms with Crippen LogP contribution >= 0.6 is 0 Å². The Kier molecular flexibility index (Phi) is 12.0. The van der Waals surface area contributed by atoms with Crippen molar-refractivity contribution in [1.29, 1.82) is 0 Å². The van der Waals surface area contributed by atoms with Crippen LogP contribution in [0.2, 0.25) is 0 Å². The molecule has 1 heterocycles. The van der Waals surface area contributed by atoms with Crippen molar-refractivity contribution in [3.05, 3.63) is 29.3 Å². The average molecular weight is 563 g/mol. The maximum atomic E-state index is 14.0. The molecule has 1 unspecified atom stereocenters. The predicted octanol–water partition coefficient (Wildman–Crippen LogP) is 4.02. The number of nitrogens with one attached hydrogen (secondary N) is 1. The lowest BCUT2D eigenvalue weighted by atomic mass is 9.94. The standard InChI is InChI=1S/C27H38F4N2O6/c1-5-6-7-8-21(35)33-11-9-16(10-12-33)26(37)32-19(14-22(36)39-27(2,3)4)20(34)15-38-25-23(30)17(28)13-18(29)24(25)31/h13,16,19-20,34H,5-12,14-15H2,1-4H3,(H,32,37)/t19-,20?/m0/s1. The van der Waals surface area contributed by atoms with E-state index in [4.69, 9.17) is 9.47 Å². The van der Waals surface area contributed by atoms with Gasteiger partial charge in [-0.05, 0) is 40.0 Å². The number of unbranched alkanes of at least 4 members (excludes halogenated alkanes) is 2. The van der Waals surface area contributed by atoms with E-state index in [1.165, 1.54) is 0 Å². The summed E-state index contributed by atoms with van der Waals surface area (Å²) >= 11 is 0. The summed E-state index contributed by atoms with van der Waals surface area (Å²) < 4.78 is 65.0. The fourth-order valence-corrected chi connectivity index (χ4v) is 4.18. The summed E-state index contributed by atoms with van der Waals surface area (Å²) in [6, 6.07) is -1.28. The van der Waals surface area contributed by atoms with Crippen molar-refractivity contribution >= 4 is 17.8 Å². The molecular weight excluding hydrogens is 524 g/mol. The molecule has 1 aromatic carbocycles. The molecule has 0 saturated carbocycles. The fraction of sp³-hybridized carbons (Fsp3) is 0.667. The molecule has 2 N–H and O–H groups in total. The lowest BCUT2D eigenvalue weighted by Crippen LogP contribution is -2.51. The molecule has 1 fully saturated rings. The maximum Gasteiger partial charge on any atom is 0.308 e. The molecule has 0 aliphatic carbocycles. The number of halogens is 4. The summed E-state index contributed by atoms with van der Waals surface area (Å²) in [4.78, 5) is 39.5. The molecule has 220 valence electrons. The normalized spacial score (nSPS) is 16.0. The number of carbonyl (C=O) groups is 3. The summed E-state index contributed by atoms with van der Waals surface area (Å²) in [5, 5.41) is 13.2. The lowest BCUT2D eigenvalue weighted by Gasteiger charge is -2.33. The Bertz CT molecular complexity index is 983. The van der Waals surface area contributed by atoms with Crippen LogP contribution in [-0.4, -0.2) is 65.2 Å². The molecule has 0 bridgehead atoms. The Morgan fingerprint density at radius 2 is 1.67 bits per heavy atom. The van der Waals surface area contributed by atoms with Gasteiger partial charge in [0.2, 0.25) is 23.4 Å². The maximum absolute atomic E-state index is 14.0. The molecule has 1 aromatic rings. The summed E-state index contributed by atoms with van der Waals surface area (Å²) in [6.07, 6.45) is 1.75. The number of ether oxygens (including phenoxy) is 2. The fourth-order valence-electron chi connectivity index (χ4n) is 4.18. The average Bonchev–Trinajstić information content (AvgIpc) is 2.86. The molecule has 12 heteroatoms. The van der Waals surface area contributed by atoms with Crippen molar-refractivity contribution in [2.45, 2.75) is 90.4 Å². The molecule has 39 heavy (non-hydrogen) atoms. The van der Waals surface area contributed by atoms with E-state index in [0.717, 1.165) is 19.3 Å². The van der Waals surface area contributed by atoms with Crippen molar-refractivity contribution in [3.63, 3.8) is 0 Å². The van der Waals surface area contributed by atoms with Crippen molar-refractivity contribution in [1.82, 2.24) is 10.2 Å². The monoisotopic (exact) mass is 562 g/mol. The first-order chi connectivity index (χ1) is 18.2. The first-order valence-electron chi connectivity index (χ1n) is 13.2. The predicted molar refractivity (Wildman–Crippen MR) is 134 cm³/mol. The van der Waals surface area contributed by atoms with Gasteiger partial charge in [0, 0.05) is 31.5 Å². The minimum absolute atomic E-state index is 0.0174. The van der Waals surface area contributed by atoms with E-state index in [1.807, 2.05) is 6.92 Å². The number of hydrogen-bond donors (Lipinski definition) is 2. The molecule has 2 amide bonds. The van der Waals surface area contributed by atoms with Crippen molar-refractivity contribution in [2.75, 3.05) is 19.7 Å². The van der Waals surface area contributed by atoms with Crippen LogP contribution in [0.3, 0.4) is 0 Å². The minimum Gasteiger partial charge on any atom is -0.485 e. The second-order valence-corrected chi connectivity index (χ2v) is 10.7. The third-order valence-electron chi connectivity index (χ3n) is 6.28. The molecule has 1 aliphatic heterocycles. The SMILES string of the molecule is CCCCCC(=O)N1CCC(C(=O)N[C@@H](CC(=O)OC(C)(C)C)C(O)COc2c(F)c(F)cc(F)c2F)CC1. The highest BCUT2D eigenvalue weighted by atomic mass is 19.2. The van der Waals surface area contributed by atoms with Gasteiger partial charge in [-0.15, -0.1) is 0 Å². The molecule has 1 saturated heterocycles. The molecule has 0 aromatic heterocycles. The van der Waals surface area contributed by atoms with Gasteiger partial charge in [-0.25, -0.2) is 8.78 Å². The van der Waals surface area contributed by atoms with Gasteiger partial charge >= 0.3 is 5.97 Å². The van der Waals surface area contributed by atoms with Gasteiger partial charge < -0.3 is 24.8 Å². The molecule has 0 spiro atoms. The third-order valence-corrected chi connectivity index (χ3v) is 6.28. The summed E-state index contributed by atoms with van der Waals surface area (Å²) in [5.41, 5.74) is -0.866. The van der Waals surface area contributed by atoms with E-state index in [1.54, 1.807) is 25.7 Å². The van der Waals surface area contributed by atoms with Crippen LogP contribution in [-0.2, 0) is 19.1 Å². The quantitative estimate of drug-likeness (QED) is 0.173. The third kappa shape index (κ3) is 9.98. The Morgan fingerprint density at radius 1 is 1.08 bits per heavy atom. The number of aliphatic hydroxyl groups excluding tert-OH is 1. The van der Waals surface area contributed by atoms with Crippen LogP contribution in [0.5, 0.6) is 5.75 Å². The zero-order valence-corrected chi connectivity index (χ0v) is 22.8. The first kappa shape index (κ1) is 32.3. The first-order valence-corrected chi connectivity index (χ1v) is 13.2. The van der Waals surface area contributed by atoms with Gasteiger partial charge in [-0.2, -0.15) is 8.78 Å². The number of rotatable bonds is 12. The van der Waals surface area contributed by atoms with E-state index < -0.39 is 77.6 Å². The van der Waals surface area contributed by atoms with E-state index in [2.05, 4.69) is 5.32 Å².